The molecule has 2 aromatic rings. The van der Waals surface area contributed by atoms with Crippen LogP contribution in [0.5, 0.6) is 0 Å². The van der Waals surface area contributed by atoms with E-state index in [0.29, 0.717) is 42.4 Å². The second-order valence-electron chi connectivity index (χ2n) is 7.95. The van der Waals surface area contributed by atoms with E-state index in [4.69, 9.17) is 4.98 Å². The Hall–Kier alpha value is -2.38. The maximum Gasteiger partial charge on any atom is 0.332 e. The van der Waals surface area contributed by atoms with Gasteiger partial charge >= 0.3 is 5.69 Å². The van der Waals surface area contributed by atoms with Gasteiger partial charge in [-0.15, -0.1) is 0 Å². The number of nitrogens with one attached hydrogen (secondary N) is 2. The van der Waals surface area contributed by atoms with Gasteiger partial charge in [-0.1, -0.05) is 13.8 Å². The van der Waals surface area contributed by atoms with Crippen molar-refractivity contribution < 1.29 is 4.79 Å². The Bertz CT molecular complexity index is 1050. The molecule has 2 N–H and O–H groups in total. The van der Waals surface area contributed by atoms with E-state index < -0.39 is 0 Å². The molecule has 138 valence electrons. The molecule has 0 aromatic carbocycles. The summed E-state index contributed by atoms with van der Waals surface area (Å²) in [5.41, 5.74) is -0.110. The van der Waals surface area contributed by atoms with Gasteiger partial charge in [-0.2, -0.15) is 0 Å². The molecule has 3 heterocycles. The molecule has 1 amide bonds. The predicted octanol–water partition coefficient (Wildman–Crippen LogP) is 0.482. The van der Waals surface area contributed by atoms with Crippen LogP contribution in [0, 0.1) is 11.8 Å². The van der Waals surface area contributed by atoms with Gasteiger partial charge in [0.25, 0.3) is 5.56 Å². The molecule has 4 fully saturated rings. The van der Waals surface area contributed by atoms with Crippen LogP contribution in [-0.2, 0) is 23.3 Å². The van der Waals surface area contributed by atoms with Gasteiger partial charge in [-0.05, 0) is 31.6 Å². The lowest BCUT2D eigenvalue weighted by molar-refractivity contribution is -0.128. The summed E-state index contributed by atoms with van der Waals surface area (Å²) >= 11 is 0. The van der Waals surface area contributed by atoms with Crippen LogP contribution in [-0.4, -0.2) is 31.1 Å². The summed E-state index contributed by atoms with van der Waals surface area (Å²) in [7, 11) is 0. The molecule has 1 saturated heterocycles. The van der Waals surface area contributed by atoms with Gasteiger partial charge in [0.1, 0.15) is 11.3 Å². The van der Waals surface area contributed by atoms with Crippen LogP contribution in [0.1, 0.15) is 45.4 Å². The summed E-state index contributed by atoms with van der Waals surface area (Å²) in [6, 6.07) is 0.0924. The Balaban J connectivity index is 1.75. The van der Waals surface area contributed by atoms with Crippen molar-refractivity contribution in [3.05, 3.63) is 26.7 Å². The second kappa shape index (κ2) is 5.08. The highest BCUT2D eigenvalue weighted by Crippen LogP contribution is 2.66. The zero-order valence-electron chi connectivity index (χ0n) is 15.0. The second-order valence-corrected chi connectivity index (χ2v) is 7.95. The number of rotatable bonds is 5. The maximum absolute atomic E-state index is 12.9. The molecule has 6 rings (SSSR count). The molecule has 4 unspecified atom stereocenters. The normalized spacial score (nSPS) is 31.5. The molecule has 4 aliphatic rings. The van der Waals surface area contributed by atoms with Gasteiger partial charge in [0.2, 0.25) is 5.91 Å². The van der Waals surface area contributed by atoms with Crippen LogP contribution in [0.25, 0.3) is 11.2 Å². The maximum atomic E-state index is 12.9. The molecule has 4 bridgehead atoms. The summed E-state index contributed by atoms with van der Waals surface area (Å²) in [5.74, 6) is 1.19. The average Bonchev–Trinajstić information content (AvgIpc) is 3.28. The fraction of sp³-hybridized carbons (Fsp3) is 0.667. The fourth-order valence-corrected chi connectivity index (χ4v) is 5.57. The monoisotopic (exact) mass is 357 g/mol. The number of carbonyl (C=O) groups excluding carboxylic acids is 1. The summed E-state index contributed by atoms with van der Waals surface area (Å²) < 4.78 is 2.90. The fourth-order valence-electron chi connectivity index (χ4n) is 5.57. The van der Waals surface area contributed by atoms with E-state index in [1.165, 1.54) is 4.57 Å². The van der Waals surface area contributed by atoms with Crippen LogP contribution in [0.4, 0.5) is 0 Å². The van der Waals surface area contributed by atoms with Crippen molar-refractivity contribution >= 4 is 17.1 Å². The smallest absolute Gasteiger partial charge is 0.332 e. The van der Waals surface area contributed by atoms with Crippen molar-refractivity contribution in [2.24, 2.45) is 11.8 Å². The quantitative estimate of drug-likeness (QED) is 0.813. The molecule has 8 heteroatoms. The third-order valence-electron chi connectivity index (χ3n) is 6.58. The minimum Gasteiger partial charge on any atom is -0.352 e. The number of imidazole rings is 1. The van der Waals surface area contributed by atoms with Crippen LogP contribution in [0.15, 0.2) is 9.59 Å². The first-order chi connectivity index (χ1) is 12.5. The molecule has 3 saturated carbocycles. The molecule has 0 radical (unpaired) electrons. The van der Waals surface area contributed by atoms with Crippen molar-refractivity contribution in [2.45, 2.75) is 64.1 Å². The summed E-state index contributed by atoms with van der Waals surface area (Å²) in [5, 5.41) is 3.08. The van der Waals surface area contributed by atoms with Crippen molar-refractivity contribution in [3.8, 4) is 0 Å². The van der Waals surface area contributed by atoms with Crippen molar-refractivity contribution in [1.29, 1.82) is 0 Å². The molecule has 3 aliphatic carbocycles. The number of nitrogens with zero attached hydrogens (tertiary/aromatic N) is 3. The number of H-pyrrole nitrogens is 1. The van der Waals surface area contributed by atoms with Crippen LogP contribution < -0.4 is 16.6 Å². The summed E-state index contributed by atoms with van der Waals surface area (Å²) in [4.78, 5) is 45.9. The minimum atomic E-state index is -0.324. The predicted molar refractivity (Wildman–Crippen MR) is 95.0 cm³/mol. The Kier molecular flexibility index (Phi) is 3.10. The molecule has 1 aliphatic heterocycles. The largest absolute Gasteiger partial charge is 0.352 e. The van der Waals surface area contributed by atoms with Crippen LogP contribution in [0.3, 0.4) is 0 Å². The topological polar surface area (TPSA) is 102 Å². The van der Waals surface area contributed by atoms with Crippen molar-refractivity contribution in [2.75, 3.05) is 0 Å². The van der Waals surface area contributed by atoms with E-state index in [-0.39, 0.29) is 34.5 Å². The molecular weight excluding hydrogens is 334 g/mol. The highest BCUT2D eigenvalue weighted by atomic mass is 16.2. The number of hydrogen-bond donors (Lipinski definition) is 2. The minimum absolute atomic E-state index is 0.0442. The zero-order chi connectivity index (χ0) is 18.2. The molecule has 4 atom stereocenters. The lowest BCUT2D eigenvalue weighted by Crippen LogP contribution is -2.47. The van der Waals surface area contributed by atoms with Gasteiger partial charge < -0.3 is 10.3 Å². The number of amides is 1. The van der Waals surface area contributed by atoms with E-state index >= 15 is 0 Å². The number of fused-ring (bicyclic) bond motifs is 1. The SMILES string of the molecule is CCCn1c(=O)c2[nH]c(C34CC5CC3NC(=O)C54)nc2n(CCC)c1=O. The Labute approximate surface area is 149 Å². The van der Waals surface area contributed by atoms with Crippen LogP contribution >= 0.6 is 0 Å². The molecular formula is C18H23N5O3. The highest BCUT2D eigenvalue weighted by Gasteiger charge is 2.74. The number of aromatic amines is 1. The van der Waals surface area contributed by atoms with E-state index in [2.05, 4.69) is 10.3 Å². The number of piperidine rings is 1. The van der Waals surface area contributed by atoms with Crippen LogP contribution in [0.2, 0.25) is 0 Å². The number of hydrogen-bond acceptors (Lipinski definition) is 4. The number of aromatic nitrogens is 4. The first-order valence-corrected chi connectivity index (χ1v) is 9.57. The number of aryl methyl sites for hydroxylation is 1. The highest BCUT2D eigenvalue weighted by molar-refractivity contribution is 5.88. The standard InChI is InChI=1S/C18H23N5O3/c1-3-5-22-13-12(15(25)23(6-4-2)17(22)26)20-16(21-13)18-8-9-7-10(18)19-14(24)11(9)18/h9-11H,3-8H2,1-2H3,(H,19,24)(H,20,21). The third-order valence-corrected chi connectivity index (χ3v) is 6.58. The summed E-state index contributed by atoms with van der Waals surface area (Å²) in [6.07, 6.45) is 3.39. The zero-order valence-corrected chi connectivity index (χ0v) is 15.0. The van der Waals surface area contributed by atoms with Crippen molar-refractivity contribution in [1.82, 2.24) is 24.4 Å². The molecule has 2 aromatic heterocycles. The Morgan fingerprint density at radius 3 is 2.54 bits per heavy atom. The van der Waals surface area contributed by atoms with E-state index in [1.54, 1.807) is 4.57 Å². The number of carbonyl (C=O) groups is 1. The van der Waals surface area contributed by atoms with E-state index in [9.17, 15) is 14.4 Å². The van der Waals surface area contributed by atoms with Gasteiger partial charge in [-0.25, -0.2) is 9.78 Å². The van der Waals surface area contributed by atoms with Gasteiger partial charge in [0.05, 0.1) is 11.3 Å². The lowest BCUT2D eigenvalue weighted by Gasteiger charge is -2.40. The van der Waals surface area contributed by atoms with Crippen molar-refractivity contribution in [3.63, 3.8) is 0 Å². The van der Waals surface area contributed by atoms with E-state index in [1.807, 2.05) is 13.8 Å². The van der Waals surface area contributed by atoms with E-state index in [0.717, 1.165) is 19.3 Å². The van der Waals surface area contributed by atoms with Gasteiger partial charge in [0.15, 0.2) is 5.65 Å². The first kappa shape index (κ1) is 15.8. The molecule has 8 nitrogen and oxygen atoms in total. The Morgan fingerprint density at radius 1 is 1.15 bits per heavy atom. The average molecular weight is 357 g/mol. The molecule has 0 spiro atoms. The molecule has 26 heavy (non-hydrogen) atoms. The lowest BCUT2D eigenvalue weighted by atomic mass is 9.60. The first-order valence-electron chi connectivity index (χ1n) is 9.57. The van der Waals surface area contributed by atoms with Gasteiger partial charge in [0, 0.05) is 19.1 Å². The Morgan fingerprint density at radius 2 is 1.88 bits per heavy atom. The third kappa shape index (κ3) is 1.65. The summed E-state index contributed by atoms with van der Waals surface area (Å²) in [6.45, 7) is 4.85. The van der Waals surface area contributed by atoms with Gasteiger partial charge in [-0.3, -0.25) is 18.7 Å².